The molecule has 0 radical (unpaired) electrons. The molecule has 0 fully saturated rings. The number of rotatable bonds is 5. The van der Waals surface area contributed by atoms with E-state index in [2.05, 4.69) is 10.6 Å². The summed E-state index contributed by atoms with van der Waals surface area (Å²) in [5.74, 6) is -0.833. The van der Waals surface area contributed by atoms with Crippen LogP contribution in [0.4, 0.5) is 10.5 Å². The molecule has 2 atom stereocenters. The van der Waals surface area contributed by atoms with Crippen molar-refractivity contribution in [1.82, 2.24) is 10.6 Å². The molecule has 0 aromatic heterocycles. The van der Waals surface area contributed by atoms with E-state index >= 15 is 0 Å². The van der Waals surface area contributed by atoms with E-state index in [1.807, 2.05) is 79.7 Å². The highest BCUT2D eigenvalue weighted by atomic mass is 16.6. The van der Waals surface area contributed by atoms with Gasteiger partial charge in [0.1, 0.15) is 6.04 Å². The lowest BCUT2D eigenvalue weighted by atomic mass is 9.95. The van der Waals surface area contributed by atoms with E-state index in [1.54, 1.807) is 11.9 Å². The SMILES string of the molecule is Cc1ccccc1CNC(=O)OC(C)C(=O)N[C@@H]1C(=O)N(C)c2ccccc2-c2ccccc21. The number of nitrogens with one attached hydrogen (secondary N) is 2. The van der Waals surface area contributed by atoms with Crippen molar-refractivity contribution in [3.8, 4) is 11.1 Å². The van der Waals surface area contributed by atoms with Crippen LogP contribution < -0.4 is 15.5 Å². The van der Waals surface area contributed by atoms with Crippen LogP contribution in [0, 0.1) is 6.92 Å². The number of likely N-dealkylation sites (N-methyl/N-ethyl adjacent to an activating group) is 1. The number of hydrogen-bond donors (Lipinski definition) is 2. The number of carbonyl (C=O) groups is 3. The number of carbonyl (C=O) groups excluding carboxylic acids is 3. The van der Waals surface area contributed by atoms with Gasteiger partial charge in [-0.2, -0.15) is 0 Å². The Morgan fingerprint density at radius 1 is 0.971 bits per heavy atom. The number of anilines is 1. The molecule has 3 aromatic rings. The summed E-state index contributed by atoms with van der Waals surface area (Å²) in [5, 5.41) is 5.45. The zero-order valence-electron chi connectivity index (χ0n) is 19.4. The van der Waals surface area contributed by atoms with Gasteiger partial charge in [0.15, 0.2) is 6.10 Å². The maximum Gasteiger partial charge on any atom is 0.408 e. The summed E-state index contributed by atoms with van der Waals surface area (Å²) < 4.78 is 5.27. The first-order valence-electron chi connectivity index (χ1n) is 11.1. The van der Waals surface area contributed by atoms with Gasteiger partial charge in [-0.1, -0.05) is 66.7 Å². The zero-order valence-corrected chi connectivity index (χ0v) is 19.4. The standard InChI is InChI=1S/C27H27N3O4/c1-17-10-4-5-11-19(17)16-28-27(33)34-18(2)25(31)29-24-22-14-7-6-12-20(22)21-13-8-9-15-23(21)30(3)26(24)32/h4-15,18,24H,16H2,1-3H3,(H,28,33)(H,29,31)/t18?,24-/m0/s1. The Morgan fingerprint density at radius 2 is 1.62 bits per heavy atom. The normalized spacial score (nSPS) is 15.4. The van der Waals surface area contributed by atoms with E-state index in [1.165, 1.54) is 6.92 Å². The third kappa shape index (κ3) is 4.64. The van der Waals surface area contributed by atoms with Gasteiger partial charge in [-0.15, -0.1) is 0 Å². The van der Waals surface area contributed by atoms with Gasteiger partial charge in [0.05, 0.1) is 5.69 Å². The highest BCUT2D eigenvalue weighted by molar-refractivity contribution is 6.06. The molecule has 0 saturated carbocycles. The fraction of sp³-hybridized carbons (Fsp3) is 0.222. The van der Waals surface area contributed by atoms with Crippen LogP contribution in [0.15, 0.2) is 72.8 Å². The van der Waals surface area contributed by atoms with E-state index < -0.39 is 24.1 Å². The Kier molecular flexibility index (Phi) is 6.63. The molecule has 4 rings (SSSR count). The molecule has 34 heavy (non-hydrogen) atoms. The average Bonchev–Trinajstić information content (AvgIpc) is 2.93. The summed E-state index contributed by atoms with van der Waals surface area (Å²) in [6.07, 6.45) is -1.80. The maximum atomic E-state index is 13.3. The van der Waals surface area contributed by atoms with Gasteiger partial charge in [-0.25, -0.2) is 4.79 Å². The molecule has 7 heteroatoms. The number of ether oxygens (including phenoxy) is 1. The van der Waals surface area contributed by atoms with Gasteiger partial charge in [-0.3, -0.25) is 9.59 Å². The Bertz CT molecular complexity index is 1240. The number of nitrogens with zero attached hydrogens (tertiary/aromatic N) is 1. The van der Waals surface area contributed by atoms with Crippen molar-refractivity contribution in [2.75, 3.05) is 11.9 Å². The summed E-state index contributed by atoms with van der Waals surface area (Å²) in [6.45, 7) is 3.72. The second kappa shape index (κ2) is 9.79. The van der Waals surface area contributed by atoms with Crippen molar-refractivity contribution < 1.29 is 19.1 Å². The molecule has 1 aliphatic heterocycles. The number of alkyl carbamates (subject to hydrolysis) is 1. The molecule has 3 amide bonds. The van der Waals surface area contributed by atoms with Gasteiger partial charge in [0, 0.05) is 19.2 Å². The molecule has 2 N–H and O–H groups in total. The first-order valence-corrected chi connectivity index (χ1v) is 11.1. The molecule has 7 nitrogen and oxygen atoms in total. The number of aryl methyl sites for hydroxylation is 1. The lowest BCUT2D eigenvalue weighted by Crippen LogP contribution is -2.45. The highest BCUT2D eigenvalue weighted by Gasteiger charge is 2.34. The van der Waals surface area contributed by atoms with Crippen LogP contribution in [-0.2, 0) is 20.9 Å². The van der Waals surface area contributed by atoms with Crippen LogP contribution >= 0.6 is 0 Å². The largest absolute Gasteiger partial charge is 0.436 e. The molecule has 0 spiro atoms. The van der Waals surface area contributed by atoms with Crippen molar-refractivity contribution in [2.45, 2.75) is 32.5 Å². The van der Waals surface area contributed by atoms with Gasteiger partial charge >= 0.3 is 6.09 Å². The molecule has 3 aromatic carbocycles. The van der Waals surface area contributed by atoms with Gasteiger partial charge in [0.25, 0.3) is 11.8 Å². The second-order valence-corrected chi connectivity index (χ2v) is 8.27. The predicted octanol–water partition coefficient (Wildman–Crippen LogP) is 4.11. The lowest BCUT2D eigenvalue weighted by molar-refractivity contribution is -0.132. The number of para-hydroxylation sites is 1. The molecular weight excluding hydrogens is 430 g/mol. The van der Waals surface area contributed by atoms with Crippen LogP contribution in [0.25, 0.3) is 11.1 Å². The zero-order chi connectivity index (χ0) is 24.2. The van der Waals surface area contributed by atoms with Crippen molar-refractivity contribution in [3.05, 3.63) is 89.5 Å². The Labute approximate surface area is 198 Å². The molecular formula is C27H27N3O4. The highest BCUT2D eigenvalue weighted by Crippen LogP contribution is 2.39. The number of fused-ring (bicyclic) bond motifs is 3. The third-order valence-corrected chi connectivity index (χ3v) is 6.03. The van der Waals surface area contributed by atoms with Crippen molar-refractivity contribution in [2.24, 2.45) is 0 Å². The van der Waals surface area contributed by atoms with Gasteiger partial charge in [-0.05, 0) is 42.2 Å². The molecule has 1 heterocycles. The first-order chi connectivity index (χ1) is 16.4. The molecule has 174 valence electrons. The summed E-state index contributed by atoms with van der Waals surface area (Å²) >= 11 is 0. The van der Waals surface area contributed by atoms with Crippen LogP contribution in [0.1, 0.15) is 29.7 Å². The third-order valence-electron chi connectivity index (χ3n) is 6.03. The summed E-state index contributed by atoms with van der Waals surface area (Å²) in [4.78, 5) is 40.1. The maximum absolute atomic E-state index is 13.3. The molecule has 0 saturated heterocycles. The van der Waals surface area contributed by atoms with Gasteiger partial charge in [0.2, 0.25) is 0 Å². The average molecular weight is 458 g/mol. The Hall–Kier alpha value is -4.13. The van der Waals surface area contributed by atoms with E-state index in [-0.39, 0.29) is 12.5 Å². The first kappa shape index (κ1) is 23.0. The second-order valence-electron chi connectivity index (χ2n) is 8.27. The van der Waals surface area contributed by atoms with E-state index in [0.29, 0.717) is 5.56 Å². The Morgan fingerprint density at radius 3 is 2.38 bits per heavy atom. The van der Waals surface area contributed by atoms with E-state index in [4.69, 9.17) is 4.74 Å². The van der Waals surface area contributed by atoms with Crippen LogP contribution in [0.3, 0.4) is 0 Å². The monoisotopic (exact) mass is 457 g/mol. The minimum absolute atomic E-state index is 0.276. The fourth-order valence-corrected chi connectivity index (χ4v) is 4.06. The smallest absolute Gasteiger partial charge is 0.408 e. The summed E-state index contributed by atoms with van der Waals surface area (Å²) in [7, 11) is 1.69. The fourth-order valence-electron chi connectivity index (χ4n) is 4.06. The predicted molar refractivity (Wildman–Crippen MR) is 130 cm³/mol. The quantitative estimate of drug-likeness (QED) is 0.604. The summed E-state index contributed by atoms with van der Waals surface area (Å²) in [5.41, 5.74) is 5.23. The van der Waals surface area contributed by atoms with Crippen LogP contribution in [0.2, 0.25) is 0 Å². The number of hydrogen-bond acceptors (Lipinski definition) is 4. The summed E-state index contributed by atoms with van der Waals surface area (Å²) in [6, 6.07) is 21.9. The van der Waals surface area contributed by atoms with Crippen LogP contribution in [-0.4, -0.2) is 31.1 Å². The van der Waals surface area contributed by atoms with Crippen molar-refractivity contribution in [3.63, 3.8) is 0 Å². The van der Waals surface area contributed by atoms with Crippen molar-refractivity contribution >= 4 is 23.6 Å². The Balaban J connectivity index is 1.47. The van der Waals surface area contributed by atoms with Gasteiger partial charge < -0.3 is 20.3 Å². The molecule has 1 aliphatic rings. The van der Waals surface area contributed by atoms with E-state index in [0.717, 1.165) is 27.9 Å². The van der Waals surface area contributed by atoms with Crippen LogP contribution in [0.5, 0.6) is 0 Å². The molecule has 0 aliphatic carbocycles. The molecule has 0 bridgehead atoms. The van der Waals surface area contributed by atoms with E-state index in [9.17, 15) is 14.4 Å². The minimum atomic E-state index is -1.09. The minimum Gasteiger partial charge on any atom is -0.436 e. The van der Waals surface area contributed by atoms with Crippen molar-refractivity contribution in [1.29, 1.82) is 0 Å². The number of benzene rings is 3. The number of amides is 3. The molecule has 1 unspecified atom stereocenters. The topological polar surface area (TPSA) is 87.7 Å². The lowest BCUT2D eigenvalue weighted by Gasteiger charge is -2.24.